The molecular formula is C8H15N. The SMILES string of the molecule is CCC[C@H](C)CCC#N. The van der Waals surface area contributed by atoms with E-state index in [9.17, 15) is 0 Å². The van der Waals surface area contributed by atoms with E-state index in [1.165, 1.54) is 12.8 Å². The minimum Gasteiger partial charge on any atom is -0.198 e. The van der Waals surface area contributed by atoms with Crippen LogP contribution in [0.2, 0.25) is 0 Å². The fourth-order valence-electron chi connectivity index (χ4n) is 0.948. The Labute approximate surface area is 57.7 Å². The van der Waals surface area contributed by atoms with E-state index in [1.54, 1.807) is 0 Å². The number of hydrogen-bond acceptors (Lipinski definition) is 1. The van der Waals surface area contributed by atoms with Crippen LogP contribution in [0.25, 0.3) is 0 Å². The van der Waals surface area contributed by atoms with E-state index < -0.39 is 0 Å². The Morgan fingerprint density at radius 3 is 2.56 bits per heavy atom. The third-order valence-corrected chi connectivity index (χ3v) is 1.53. The second kappa shape index (κ2) is 5.62. The lowest BCUT2D eigenvalue weighted by molar-refractivity contribution is 0.493. The summed E-state index contributed by atoms with van der Waals surface area (Å²) in [6.07, 6.45) is 4.31. The molecule has 0 fully saturated rings. The van der Waals surface area contributed by atoms with Crippen molar-refractivity contribution in [2.24, 2.45) is 5.92 Å². The standard InChI is InChI=1S/C8H15N/c1-3-5-8(2)6-4-7-9/h8H,3-6H2,1-2H3/t8-/m0/s1. The molecule has 1 atom stereocenters. The molecule has 0 aromatic heterocycles. The molecule has 52 valence electrons. The minimum absolute atomic E-state index is 0.723. The summed E-state index contributed by atoms with van der Waals surface area (Å²) in [5, 5.41) is 8.23. The second-order valence-corrected chi connectivity index (χ2v) is 2.59. The molecule has 0 rings (SSSR count). The molecule has 0 radical (unpaired) electrons. The van der Waals surface area contributed by atoms with E-state index >= 15 is 0 Å². The smallest absolute Gasteiger partial charge is 0.0621 e. The van der Waals surface area contributed by atoms with Crippen LogP contribution in [0.1, 0.15) is 39.5 Å². The Kier molecular flexibility index (Phi) is 5.30. The molecule has 0 aromatic carbocycles. The first-order chi connectivity index (χ1) is 4.31. The summed E-state index contributed by atoms with van der Waals surface area (Å²) in [4.78, 5) is 0. The zero-order valence-corrected chi connectivity index (χ0v) is 6.35. The molecule has 0 unspecified atom stereocenters. The van der Waals surface area contributed by atoms with Crippen molar-refractivity contribution in [2.75, 3.05) is 0 Å². The largest absolute Gasteiger partial charge is 0.198 e. The number of hydrogen-bond donors (Lipinski definition) is 0. The number of nitrogens with zero attached hydrogens (tertiary/aromatic N) is 1. The van der Waals surface area contributed by atoms with Gasteiger partial charge in [-0.3, -0.25) is 0 Å². The minimum atomic E-state index is 0.723. The normalized spacial score (nSPS) is 12.6. The maximum atomic E-state index is 8.23. The van der Waals surface area contributed by atoms with E-state index in [2.05, 4.69) is 19.9 Å². The summed E-state index contributed by atoms with van der Waals surface area (Å²) in [5.41, 5.74) is 0. The fraction of sp³-hybridized carbons (Fsp3) is 0.875. The Balaban J connectivity index is 3.07. The molecule has 0 N–H and O–H groups in total. The van der Waals surface area contributed by atoms with E-state index in [1.807, 2.05) is 0 Å². The summed E-state index contributed by atoms with van der Waals surface area (Å²) >= 11 is 0. The molecule has 1 nitrogen and oxygen atoms in total. The van der Waals surface area contributed by atoms with Crippen LogP contribution in [-0.4, -0.2) is 0 Å². The van der Waals surface area contributed by atoms with Crippen LogP contribution >= 0.6 is 0 Å². The van der Waals surface area contributed by atoms with Crippen LogP contribution in [0.4, 0.5) is 0 Å². The third kappa shape index (κ3) is 5.36. The molecule has 0 aromatic rings. The molecule has 1 heteroatoms. The van der Waals surface area contributed by atoms with Crippen LogP contribution in [0.5, 0.6) is 0 Å². The van der Waals surface area contributed by atoms with Crippen molar-refractivity contribution in [3.8, 4) is 6.07 Å². The number of rotatable bonds is 4. The van der Waals surface area contributed by atoms with Crippen LogP contribution in [0, 0.1) is 17.2 Å². The van der Waals surface area contributed by atoms with Crippen LogP contribution < -0.4 is 0 Å². The van der Waals surface area contributed by atoms with Gasteiger partial charge in [-0.05, 0) is 12.3 Å². The van der Waals surface area contributed by atoms with Gasteiger partial charge in [0.2, 0.25) is 0 Å². The lowest BCUT2D eigenvalue weighted by Gasteiger charge is -2.04. The zero-order valence-electron chi connectivity index (χ0n) is 6.35. The Morgan fingerprint density at radius 2 is 2.11 bits per heavy atom. The Bertz CT molecular complexity index is 91.2. The highest BCUT2D eigenvalue weighted by molar-refractivity contribution is 4.70. The van der Waals surface area contributed by atoms with Crippen molar-refractivity contribution in [2.45, 2.75) is 39.5 Å². The zero-order chi connectivity index (χ0) is 7.11. The predicted molar refractivity (Wildman–Crippen MR) is 38.9 cm³/mol. The van der Waals surface area contributed by atoms with E-state index in [-0.39, 0.29) is 0 Å². The van der Waals surface area contributed by atoms with Crippen molar-refractivity contribution in [1.82, 2.24) is 0 Å². The van der Waals surface area contributed by atoms with Gasteiger partial charge in [0, 0.05) is 6.42 Å². The van der Waals surface area contributed by atoms with Crippen molar-refractivity contribution in [3.63, 3.8) is 0 Å². The molecule has 0 aliphatic heterocycles. The van der Waals surface area contributed by atoms with Gasteiger partial charge in [0.1, 0.15) is 0 Å². The lowest BCUT2D eigenvalue weighted by atomic mass is 10.0. The van der Waals surface area contributed by atoms with E-state index in [4.69, 9.17) is 5.26 Å². The van der Waals surface area contributed by atoms with Crippen LogP contribution in [0.15, 0.2) is 0 Å². The molecule has 0 amide bonds. The van der Waals surface area contributed by atoms with Gasteiger partial charge in [0.15, 0.2) is 0 Å². The first-order valence-corrected chi connectivity index (χ1v) is 3.68. The predicted octanol–water partition coefficient (Wildman–Crippen LogP) is 2.73. The summed E-state index contributed by atoms with van der Waals surface area (Å²) in [6, 6.07) is 2.16. The first-order valence-electron chi connectivity index (χ1n) is 3.68. The quantitative estimate of drug-likeness (QED) is 0.566. The molecule has 0 bridgehead atoms. The highest BCUT2D eigenvalue weighted by Gasteiger charge is 1.97. The maximum Gasteiger partial charge on any atom is 0.0621 e. The van der Waals surface area contributed by atoms with Gasteiger partial charge in [-0.1, -0.05) is 26.7 Å². The van der Waals surface area contributed by atoms with Gasteiger partial charge >= 0.3 is 0 Å². The summed E-state index contributed by atoms with van der Waals surface area (Å²) in [5.74, 6) is 0.745. The van der Waals surface area contributed by atoms with Crippen molar-refractivity contribution >= 4 is 0 Å². The average Bonchev–Trinajstić information content (AvgIpc) is 1.85. The molecule has 0 saturated carbocycles. The van der Waals surface area contributed by atoms with Crippen molar-refractivity contribution < 1.29 is 0 Å². The molecule has 0 spiro atoms. The van der Waals surface area contributed by atoms with Crippen LogP contribution in [-0.2, 0) is 0 Å². The second-order valence-electron chi connectivity index (χ2n) is 2.59. The van der Waals surface area contributed by atoms with Gasteiger partial charge in [-0.2, -0.15) is 5.26 Å². The summed E-state index contributed by atoms with van der Waals surface area (Å²) < 4.78 is 0. The monoisotopic (exact) mass is 125 g/mol. The molecule has 0 heterocycles. The highest BCUT2D eigenvalue weighted by Crippen LogP contribution is 2.10. The summed E-state index contributed by atoms with van der Waals surface area (Å²) in [7, 11) is 0. The topological polar surface area (TPSA) is 23.8 Å². The summed E-state index contributed by atoms with van der Waals surface area (Å²) in [6.45, 7) is 4.39. The molecule has 0 saturated heterocycles. The fourth-order valence-corrected chi connectivity index (χ4v) is 0.948. The van der Waals surface area contributed by atoms with Gasteiger partial charge in [-0.15, -0.1) is 0 Å². The molecule has 0 aliphatic carbocycles. The van der Waals surface area contributed by atoms with Gasteiger partial charge in [0.25, 0.3) is 0 Å². The molecule has 0 aliphatic rings. The average molecular weight is 125 g/mol. The van der Waals surface area contributed by atoms with Crippen molar-refractivity contribution in [1.29, 1.82) is 5.26 Å². The Hall–Kier alpha value is -0.510. The van der Waals surface area contributed by atoms with Gasteiger partial charge in [0.05, 0.1) is 6.07 Å². The maximum absolute atomic E-state index is 8.23. The van der Waals surface area contributed by atoms with Crippen LogP contribution in [0.3, 0.4) is 0 Å². The highest BCUT2D eigenvalue weighted by atomic mass is 14.2. The lowest BCUT2D eigenvalue weighted by Crippen LogP contribution is -1.91. The van der Waals surface area contributed by atoms with E-state index in [0.717, 1.165) is 18.8 Å². The van der Waals surface area contributed by atoms with Gasteiger partial charge < -0.3 is 0 Å². The molecular weight excluding hydrogens is 110 g/mol. The van der Waals surface area contributed by atoms with E-state index in [0.29, 0.717) is 0 Å². The Morgan fingerprint density at radius 1 is 1.44 bits per heavy atom. The molecule has 9 heavy (non-hydrogen) atoms. The third-order valence-electron chi connectivity index (χ3n) is 1.53. The first kappa shape index (κ1) is 8.49. The number of nitriles is 1. The van der Waals surface area contributed by atoms with Gasteiger partial charge in [-0.25, -0.2) is 0 Å². The van der Waals surface area contributed by atoms with Crippen molar-refractivity contribution in [3.05, 3.63) is 0 Å².